The normalized spacial score (nSPS) is 20.1. The number of benzene rings is 1. The van der Waals surface area contributed by atoms with Gasteiger partial charge >= 0.3 is 0 Å². The van der Waals surface area contributed by atoms with Crippen molar-refractivity contribution in [1.29, 1.82) is 0 Å². The average molecular weight is 310 g/mol. The topological polar surface area (TPSA) is 72.2 Å². The lowest BCUT2D eigenvalue weighted by molar-refractivity contribution is 0.202. The molecule has 0 saturated heterocycles. The number of rotatable bonds is 5. The van der Waals surface area contributed by atoms with Gasteiger partial charge < -0.3 is 5.32 Å². The van der Waals surface area contributed by atoms with E-state index in [4.69, 9.17) is 5.14 Å². The molecule has 0 radical (unpaired) electrons. The summed E-state index contributed by atoms with van der Waals surface area (Å²) in [6.07, 6.45) is 6.60. The van der Waals surface area contributed by atoms with Crippen molar-refractivity contribution in [3.63, 3.8) is 0 Å². The van der Waals surface area contributed by atoms with Gasteiger partial charge in [-0.15, -0.1) is 0 Å². The van der Waals surface area contributed by atoms with E-state index in [2.05, 4.69) is 19.2 Å². The standard InChI is InChI=1S/C16H26N2O2S/c1-13(18-12-16(2)10-4-3-5-11-16)14-6-8-15(9-7-14)21(17,19)20/h6-9,13,18H,3-5,10-12H2,1-2H3,(H2,17,19,20). The highest BCUT2D eigenvalue weighted by atomic mass is 32.2. The van der Waals surface area contributed by atoms with Crippen LogP contribution in [0.25, 0.3) is 0 Å². The molecule has 1 aliphatic carbocycles. The fourth-order valence-electron chi connectivity index (χ4n) is 3.05. The van der Waals surface area contributed by atoms with Crippen LogP contribution in [-0.2, 0) is 10.0 Å². The molecule has 0 spiro atoms. The Kier molecular flexibility index (Phi) is 5.07. The second kappa shape index (κ2) is 6.46. The van der Waals surface area contributed by atoms with Crippen molar-refractivity contribution >= 4 is 10.0 Å². The van der Waals surface area contributed by atoms with Crippen LogP contribution in [0.4, 0.5) is 0 Å². The highest BCUT2D eigenvalue weighted by Gasteiger charge is 2.26. The number of hydrogen-bond donors (Lipinski definition) is 2. The molecular weight excluding hydrogens is 284 g/mol. The third kappa shape index (κ3) is 4.53. The molecule has 1 saturated carbocycles. The maximum atomic E-state index is 11.3. The lowest BCUT2D eigenvalue weighted by Gasteiger charge is -2.35. The summed E-state index contributed by atoms with van der Waals surface area (Å²) in [5.74, 6) is 0. The third-order valence-electron chi connectivity index (χ3n) is 4.60. The highest BCUT2D eigenvalue weighted by molar-refractivity contribution is 7.89. The van der Waals surface area contributed by atoms with Crippen molar-refractivity contribution < 1.29 is 8.42 Å². The first-order valence-electron chi connectivity index (χ1n) is 7.66. The molecule has 21 heavy (non-hydrogen) atoms. The lowest BCUT2D eigenvalue weighted by atomic mass is 9.75. The maximum Gasteiger partial charge on any atom is 0.238 e. The van der Waals surface area contributed by atoms with E-state index in [1.165, 1.54) is 32.1 Å². The van der Waals surface area contributed by atoms with Gasteiger partial charge in [0.1, 0.15) is 0 Å². The Balaban J connectivity index is 1.95. The van der Waals surface area contributed by atoms with Crippen molar-refractivity contribution in [1.82, 2.24) is 5.32 Å². The summed E-state index contributed by atoms with van der Waals surface area (Å²) >= 11 is 0. The largest absolute Gasteiger partial charge is 0.310 e. The third-order valence-corrected chi connectivity index (χ3v) is 5.53. The molecule has 1 aliphatic rings. The Morgan fingerprint density at radius 2 is 1.76 bits per heavy atom. The minimum absolute atomic E-state index is 0.165. The molecule has 0 heterocycles. The van der Waals surface area contributed by atoms with Crippen molar-refractivity contribution in [2.45, 2.75) is 56.9 Å². The summed E-state index contributed by atoms with van der Waals surface area (Å²) in [5, 5.41) is 8.70. The molecule has 0 bridgehead atoms. The van der Waals surface area contributed by atoms with E-state index < -0.39 is 10.0 Å². The molecule has 1 fully saturated rings. The van der Waals surface area contributed by atoms with Crippen LogP contribution in [0, 0.1) is 5.41 Å². The van der Waals surface area contributed by atoms with E-state index in [1.54, 1.807) is 12.1 Å². The monoisotopic (exact) mass is 310 g/mol. The van der Waals surface area contributed by atoms with Gasteiger partial charge in [-0.05, 0) is 42.9 Å². The summed E-state index contributed by atoms with van der Waals surface area (Å²) in [5.41, 5.74) is 1.48. The predicted octanol–water partition coefficient (Wildman–Crippen LogP) is 2.96. The van der Waals surface area contributed by atoms with Crippen LogP contribution in [0.15, 0.2) is 29.2 Å². The maximum absolute atomic E-state index is 11.3. The van der Waals surface area contributed by atoms with Gasteiger partial charge in [0.2, 0.25) is 10.0 Å². The Morgan fingerprint density at radius 3 is 2.29 bits per heavy atom. The van der Waals surface area contributed by atoms with Crippen LogP contribution < -0.4 is 10.5 Å². The summed E-state index contributed by atoms with van der Waals surface area (Å²) in [6.45, 7) is 5.47. The molecule has 1 aromatic carbocycles. The van der Waals surface area contributed by atoms with E-state index in [9.17, 15) is 8.42 Å². The molecule has 0 aromatic heterocycles. The lowest BCUT2D eigenvalue weighted by Crippen LogP contribution is -2.35. The smallest absolute Gasteiger partial charge is 0.238 e. The second-order valence-electron chi connectivity index (χ2n) is 6.59. The molecule has 0 aliphatic heterocycles. The molecule has 1 aromatic rings. The zero-order valence-electron chi connectivity index (χ0n) is 12.9. The highest BCUT2D eigenvalue weighted by Crippen LogP contribution is 2.35. The van der Waals surface area contributed by atoms with E-state index in [0.717, 1.165) is 12.1 Å². The van der Waals surface area contributed by atoms with Crippen molar-refractivity contribution in [2.24, 2.45) is 10.6 Å². The second-order valence-corrected chi connectivity index (χ2v) is 8.15. The first kappa shape index (κ1) is 16.5. The fraction of sp³-hybridized carbons (Fsp3) is 0.625. The van der Waals surface area contributed by atoms with E-state index in [-0.39, 0.29) is 10.9 Å². The van der Waals surface area contributed by atoms with Crippen LogP contribution in [0.5, 0.6) is 0 Å². The minimum Gasteiger partial charge on any atom is -0.310 e. The molecule has 1 unspecified atom stereocenters. The van der Waals surface area contributed by atoms with Crippen LogP contribution in [0.1, 0.15) is 57.6 Å². The predicted molar refractivity (Wildman–Crippen MR) is 85.4 cm³/mol. The molecule has 4 nitrogen and oxygen atoms in total. The van der Waals surface area contributed by atoms with Gasteiger partial charge in [-0.2, -0.15) is 0 Å². The first-order chi connectivity index (χ1) is 9.80. The number of nitrogens with two attached hydrogens (primary N) is 1. The van der Waals surface area contributed by atoms with Crippen LogP contribution in [0.3, 0.4) is 0 Å². The van der Waals surface area contributed by atoms with Crippen molar-refractivity contribution in [3.05, 3.63) is 29.8 Å². The van der Waals surface area contributed by atoms with E-state index in [0.29, 0.717) is 5.41 Å². The zero-order chi connectivity index (χ0) is 15.5. The fourth-order valence-corrected chi connectivity index (χ4v) is 3.56. The Morgan fingerprint density at radius 1 is 1.19 bits per heavy atom. The molecule has 1 atom stereocenters. The molecule has 2 rings (SSSR count). The summed E-state index contributed by atoms with van der Waals surface area (Å²) in [7, 11) is -3.60. The Bertz CT molecular complexity index is 560. The quantitative estimate of drug-likeness (QED) is 0.878. The number of nitrogens with one attached hydrogen (secondary N) is 1. The van der Waals surface area contributed by atoms with Crippen LogP contribution >= 0.6 is 0 Å². The van der Waals surface area contributed by atoms with Gasteiger partial charge in [0, 0.05) is 12.6 Å². The first-order valence-corrected chi connectivity index (χ1v) is 9.21. The van der Waals surface area contributed by atoms with E-state index >= 15 is 0 Å². The van der Waals surface area contributed by atoms with E-state index in [1.807, 2.05) is 12.1 Å². The Labute approximate surface area is 128 Å². The van der Waals surface area contributed by atoms with Gasteiger partial charge in [-0.25, -0.2) is 13.6 Å². The summed E-state index contributed by atoms with van der Waals surface area (Å²) in [6, 6.07) is 7.02. The zero-order valence-corrected chi connectivity index (χ0v) is 13.7. The van der Waals surface area contributed by atoms with Gasteiger partial charge in [0.05, 0.1) is 4.90 Å². The SMILES string of the molecule is CC(NCC1(C)CCCCC1)c1ccc(S(N)(=O)=O)cc1. The van der Waals surface area contributed by atoms with Gasteiger partial charge in [0.15, 0.2) is 0 Å². The molecular formula is C16H26N2O2S. The van der Waals surface area contributed by atoms with Crippen LogP contribution in [0.2, 0.25) is 0 Å². The molecule has 3 N–H and O–H groups in total. The molecule has 0 amide bonds. The van der Waals surface area contributed by atoms with Gasteiger partial charge in [-0.1, -0.05) is 38.3 Å². The summed E-state index contributed by atoms with van der Waals surface area (Å²) in [4.78, 5) is 0.165. The Hall–Kier alpha value is -0.910. The van der Waals surface area contributed by atoms with Gasteiger partial charge in [-0.3, -0.25) is 0 Å². The summed E-state index contributed by atoms with van der Waals surface area (Å²) < 4.78 is 22.5. The molecule has 5 heteroatoms. The average Bonchev–Trinajstić information content (AvgIpc) is 2.45. The van der Waals surface area contributed by atoms with Crippen LogP contribution in [-0.4, -0.2) is 15.0 Å². The number of primary sulfonamides is 1. The van der Waals surface area contributed by atoms with Crippen molar-refractivity contribution in [2.75, 3.05) is 6.54 Å². The van der Waals surface area contributed by atoms with Gasteiger partial charge in [0.25, 0.3) is 0 Å². The number of sulfonamides is 1. The molecule has 118 valence electrons. The van der Waals surface area contributed by atoms with Crippen molar-refractivity contribution in [3.8, 4) is 0 Å². The number of hydrogen-bond acceptors (Lipinski definition) is 3. The minimum atomic E-state index is -3.60.